The van der Waals surface area contributed by atoms with E-state index in [-0.39, 0.29) is 18.1 Å². The van der Waals surface area contributed by atoms with E-state index in [9.17, 15) is 31.4 Å². The van der Waals surface area contributed by atoms with Crippen LogP contribution < -0.4 is 5.32 Å². The predicted octanol–water partition coefficient (Wildman–Crippen LogP) is 5.20. The molecule has 0 saturated carbocycles. The van der Waals surface area contributed by atoms with Gasteiger partial charge in [-0.05, 0) is 46.2 Å². The van der Waals surface area contributed by atoms with Crippen molar-refractivity contribution in [2.75, 3.05) is 26.0 Å². The number of anilines is 1. The molecule has 2 N–H and O–H groups in total. The highest BCUT2D eigenvalue weighted by Crippen LogP contribution is 2.50. The largest absolute Gasteiger partial charge is 0.430 e. The Morgan fingerprint density at radius 1 is 1.00 bits per heavy atom. The fraction of sp³-hybridized carbons (Fsp3) is 0.667. The minimum atomic E-state index is -5.92. The fourth-order valence-electron chi connectivity index (χ4n) is 2.94. The van der Waals surface area contributed by atoms with Crippen LogP contribution in [0.25, 0.3) is 0 Å². The lowest BCUT2D eigenvalue weighted by molar-refractivity contribution is -0.376. The number of nitrogens with zero attached hydrogens (tertiary/aromatic N) is 5. The summed E-state index contributed by atoms with van der Waals surface area (Å²) < 4.78 is 77.9. The third-order valence-electron chi connectivity index (χ3n) is 5.39. The first-order valence-electron chi connectivity index (χ1n) is 10.6. The molecule has 1 aromatic rings. The van der Waals surface area contributed by atoms with E-state index in [0.717, 1.165) is 12.1 Å². The number of aliphatic hydroxyl groups is 1. The van der Waals surface area contributed by atoms with Crippen LogP contribution in [0.5, 0.6) is 0 Å². The topological polar surface area (TPSA) is 75.8 Å². The molecule has 0 radical (unpaired) electrons. The van der Waals surface area contributed by atoms with Gasteiger partial charge in [0.1, 0.15) is 0 Å². The molecule has 0 spiro atoms. The number of benzene rings is 1. The molecule has 0 aliphatic carbocycles. The highest BCUT2D eigenvalue weighted by molar-refractivity contribution is 5.52. The third-order valence-corrected chi connectivity index (χ3v) is 5.39. The van der Waals surface area contributed by atoms with Crippen LogP contribution in [-0.4, -0.2) is 72.5 Å². The molecule has 34 heavy (non-hydrogen) atoms. The standard InChI is InChI=1S/C21H32F6N6O/c1-7-28-33(6)16(4)15(3)30-31-32(5)13-12-14(2)29-18-10-8-17(9-11-18)19(34,20(22,23)24)21(25,26)27/h7-11,14-16,29,34H,12-13H2,1-6H3/b28-7-,31-30-/t14?,15?,16-/m1/s1. The SMILES string of the molecule is C/C=N\N(C)[C@H](C)C(C)/N=N\N(C)CCC(C)Nc1ccc(C(O)(C(F)(F)F)C(F)(F)F)cc1. The van der Waals surface area contributed by atoms with Gasteiger partial charge in [-0.2, -0.15) is 36.6 Å². The number of hydrogen-bond donors (Lipinski definition) is 2. The van der Waals surface area contributed by atoms with Crippen molar-refractivity contribution in [1.82, 2.24) is 10.0 Å². The smallest absolute Gasteiger partial charge is 0.383 e. The van der Waals surface area contributed by atoms with Gasteiger partial charge in [0.05, 0.1) is 12.1 Å². The Balaban J connectivity index is 2.69. The van der Waals surface area contributed by atoms with Crippen LogP contribution in [0.2, 0.25) is 0 Å². The molecule has 1 aromatic carbocycles. The van der Waals surface area contributed by atoms with Gasteiger partial charge in [0.25, 0.3) is 5.60 Å². The summed E-state index contributed by atoms with van der Waals surface area (Å²) in [5.41, 5.74) is -5.93. The molecule has 0 aromatic heterocycles. The molecule has 7 nitrogen and oxygen atoms in total. The van der Waals surface area contributed by atoms with Gasteiger partial charge < -0.3 is 10.4 Å². The zero-order valence-electron chi connectivity index (χ0n) is 20.0. The van der Waals surface area contributed by atoms with E-state index in [1.54, 1.807) is 23.3 Å². The Morgan fingerprint density at radius 3 is 2.00 bits per heavy atom. The average Bonchev–Trinajstić information content (AvgIpc) is 2.74. The van der Waals surface area contributed by atoms with Gasteiger partial charge in [-0.25, -0.2) is 0 Å². The van der Waals surface area contributed by atoms with Gasteiger partial charge in [-0.15, -0.1) is 0 Å². The van der Waals surface area contributed by atoms with Crippen LogP contribution in [0, 0.1) is 0 Å². The number of alkyl halides is 6. The summed E-state index contributed by atoms with van der Waals surface area (Å²) in [6.45, 7) is 8.01. The van der Waals surface area contributed by atoms with E-state index in [4.69, 9.17) is 0 Å². The zero-order chi connectivity index (χ0) is 26.3. The van der Waals surface area contributed by atoms with E-state index in [1.807, 2.05) is 34.7 Å². The first kappa shape index (κ1) is 29.5. The second-order valence-electron chi connectivity index (χ2n) is 8.13. The van der Waals surface area contributed by atoms with Crippen molar-refractivity contribution in [3.63, 3.8) is 0 Å². The van der Waals surface area contributed by atoms with E-state index < -0.39 is 23.5 Å². The Labute approximate surface area is 195 Å². The second kappa shape index (κ2) is 11.7. The van der Waals surface area contributed by atoms with Crippen LogP contribution in [0.15, 0.2) is 39.7 Å². The molecular formula is C21H32F6N6O. The third kappa shape index (κ3) is 7.47. The van der Waals surface area contributed by atoms with Crippen LogP contribution in [0.4, 0.5) is 32.0 Å². The molecule has 0 aliphatic heterocycles. The lowest BCUT2D eigenvalue weighted by Gasteiger charge is -2.32. The molecule has 3 atom stereocenters. The van der Waals surface area contributed by atoms with E-state index in [1.165, 1.54) is 0 Å². The Morgan fingerprint density at radius 2 is 1.53 bits per heavy atom. The van der Waals surface area contributed by atoms with Crippen LogP contribution in [0.3, 0.4) is 0 Å². The molecule has 0 heterocycles. The van der Waals surface area contributed by atoms with Gasteiger partial charge >= 0.3 is 12.4 Å². The quantitative estimate of drug-likeness (QED) is 0.190. The van der Waals surface area contributed by atoms with Gasteiger partial charge in [-0.3, -0.25) is 10.0 Å². The lowest BCUT2D eigenvalue weighted by Crippen LogP contribution is -2.53. The van der Waals surface area contributed by atoms with Crippen LogP contribution in [0.1, 0.15) is 39.7 Å². The first-order chi connectivity index (χ1) is 15.5. The summed E-state index contributed by atoms with van der Waals surface area (Å²) in [6.07, 6.45) is -9.58. The molecule has 0 saturated heterocycles. The van der Waals surface area contributed by atoms with Crippen molar-refractivity contribution in [3.05, 3.63) is 29.8 Å². The maximum Gasteiger partial charge on any atom is 0.430 e. The highest BCUT2D eigenvalue weighted by Gasteiger charge is 2.71. The summed E-state index contributed by atoms with van der Waals surface area (Å²) in [5.74, 6) is 0. The molecule has 0 amide bonds. The summed E-state index contributed by atoms with van der Waals surface area (Å²) in [4.78, 5) is 0. The molecular weight excluding hydrogens is 466 g/mol. The van der Waals surface area contributed by atoms with Crippen molar-refractivity contribution in [1.29, 1.82) is 0 Å². The van der Waals surface area contributed by atoms with Gasteiger partial charge in [0.15, 0.2) is 0 Å². The van der Waals surface area contributed by atoms with Crippen molar-refractivity contribution >= 4 is 11.9 Å². The van der Waals surface area contributed by atoms with Crippen molar-refractivity contribution < 1.29 is 31.4 Å². The highest BCUT2D eigenvalue weighted by atomic mass is 19.4. The number of nitrogens with one attached hydrogen (secondary N) is 1. The molecule has 1 rings (SSSR count). The monoisotopic (exact) mass is 498 g/mol. The molecule has 0 bridgehead atoms. The number of hydrogen-bond acceptors (Lipinski definition) is 6. The number of hydrazone groups is 1. The Bertz CT molecular complexity index is 797. The van der Waals surface area contributed by atoms with Gasteiger partial charge in [-0.1, -0.05) is 17.4 Å². The zero-order valence-corrected chi connectivity index (χ0v) is 20.0. The Hall–Kier alpha value is -2.57. The van der Waals surface area contributed by atoms with E-state index in [0.29, 0.717) is 30.8 Å². The molecule has 0 fully saturated rings. The minimum Gasteiger partial charge on any atom is -0.383 e. The Kier molecular flexibility index (Phi) is 10.2. The summed E-state index contributed by atoms with van der Waals surface area (Å²) in [5, 5.41) is 28.5. The summed E-state index contributed by atoms with van der Waals surface area (Å²) >= 11 is 0. The molecule has 194 valence electrons. The predicted molar refractivity (Wildman–Crippen MR) is 118 cm³/mol. The average molecular weight is 499 g/mol. The molecule has 13 heteroatoms. The van der Waals surface area contributed by atoms with Gasteiger partial charge in [0.2, 0.25) is 0 Å². The van der Waals surface area contributed by atoms with Crippen molar-refractivity contribution in [2.24, 2.45) is 15.4 Å². The second-order valence-corrected chi connectivity index (χ2v) is 8.13. The van der Waals surface area contributed by atoms with Crippen molar-refractivity contribution in [2.45, 2.75) is 70.2 Å². The number of halogens is 6. The van der Waals surface area contributed by atoms with Gasteiger partial charge in [0, 0.05) is 44.1 Å². The summed E-state index contributed by atoms with van der Waals surface area (Å²) in [6, 6.07) is 3.10. The van der Waals surface area contributed by atoms with Crippen LogP contribution in [-0.2, 0) is 5.60 Å². The lowest BCUT2D eigenvalue weighted by atomic mass is 9.92. The number of rotatable bonds is 11. The van der Waals surface area contributed by atoms with E-state index >= 15 is 0 Å². The summed E-state index contributed by atoms with van der Waals surface area (Å²) in [7, 11) is 3.58. The van der Waals surface area contributed by atoms with Crippen molar-refractivity contribution in [3.8, 4) is 0 Å². The maximum absolute atomic E-state index is 13.0. The van der Waals surface area contributed by atoms with E-state index in [2.05, 4.69) is 20.8 Å². The maximum atomic E-state index is 13.0. The van der Waals surface area contributed by atoms with Crippen LogP contribution >= 0.6 is 0 Å². The molecule has 0 aliphatic rings. The number of likely N-dealkylation sites (N-methyl/N-ethyl adjacent to an activating group) is 1. The fourth-order valence-corrected chi connectivity index (χ4v) is 2.94. The normalized spacial score (nSPS) is 16.0. The minimum absolute atomic E-state index is 0.0317. The first-order valence-corrected chi connectivity index (χ1v) is 10.6. The molecule has 2 unspecified atom stereocenters.